The second-order valence-corrected chi connectivity index (χ2v) is 12.7. The van der Waals surface area contributed by atoms with Crippen LogP contribution in [0.2, 0.25) is 0 Å². The maximum atomic E-state index is 14.3. The van der Waals surface area contributed by atoms with Crippen LogP contribution < -0.4 is 15.5 Å². The number of thiocarbonyl (C=S) groups is 1. The number of morpholine rings is 1. The lowest BCUT2D eigenvalue weighted by Crippen LogP contribution is -2.61. The average molecular weight is 620 g/mol. The van der Waals surface area contributed by atoms with Gasteiger partial charge in [-0.3, -0.25) is 9.59 Å². The molecule has 3 aliphatic rings. The molecule has 3 aliphatic heterocycles. The molecule has 3 fully saturated rings. The number of nitrogens with zero attached hydrogens (tertiary/aromatic N) is 3. The van der Waals surface area contributed by atoms with Gasteiger partial charge in [0.25, 0.3) is 0 Å². The minimum Gasteiger partial charge on any atom is -0.467 e. The van der Waals surface area contributed by atoms with Gasteiger partial charge in [0.15, 0.2) is 5.11 Å². The van der Waals surface area contributed by atoms with Crippen molar-refractivity contribution < 1.29 is 18.7 Å². The van der Waals surface area contributed by atoms with E-state index in [1.165, 1.54) is 0 Å². The summed E-state index contributed by atoms with van der Waals surface area (Å²) in [5, 5.41) is 7.06. The molecule has 6 rings (SSSR count). The van der Waals surface area contributed by atoms with E-state index < -0.39 is 5.54 Å². The third-order valence-corrected chi connectivity index (χ3v) is 9.83. The van der Waals surface area contributed by atoms with Crippen LogP contribution in [0.4, 0.5) is 11.4 Å². The van der Waals surface area contributed by atoms with Crippen LogP contribution >= 0.6 is 24.0 Å². The Morgan fingerprint density at radius 2 is 1.77 bits per heavy atom. The second-order valence-electron chi connectivity index (χ2n) is 11.1. The molecule has 0 spiro atoms. The highest BCUT2D eigenvalue weighted by Crippen LogP contribution is 2.36. The maximum Gasteiger partial charge on any atom is 0.250 e. The number of anilines is 2. The molecule has 3 saturated heterocycles. The van der Waals surface area contributed by atoms with Crippen LogP contribution in [0, 0.1) is 0 Å². The van der Waals surface area contributed by atoms with Crippen molar-refractivity contribution in [1.29, 1.82) is 0 Å². The van der Waals surface area contributed by atoms with E-state index in [0.717, 1.165) is 35.8 Å². The number of thioether (sulfide) groups is 1. The van der Waals surface area contributed by atoms with Gasteiger partial charge in [0.2, 0.25) is 11.8 Å². The van der Waals surface area contributed by atoms with Gasteiger partial charge in [-0.1, -0.05) is 30.3 Å². The molecule has 1 atom stereocenters. The van der Waals surface area contributed by atoms with Crippen molar-refractivity contribution in [1.82, 2.24) is 15.1 Å². The standard InChI is InChI=1S/C32H37N5O4S2/c38-29(23-36-22-28(34-31(36)42)24-5-2-1-3-6-24)37(21-27-7-4-16-41-27)32(12-19-43-20-13-32)30(39)33-25-8-10-26(11-9-25)35-14-17-40-18-15-35/h1-11,16,28H,12-15,17-23H2,(H,33,39)(H,34,42)/t28-/m1/s1. The zero-order valence-electron chi connectivity index (χ0n) is 24.1. The van der Waals surface area contributed by atoms with E-state index in [1.807, 2.05) is 65.2 Å². The fraction of sp³-hybridized carbons (Fsp3) is 0.406. The van der Waals surface area contributed by atoms with E-state index in [9.17, 15) is 9.59 Å². The van der Waals surface area contributed by atoms with Crippen molar-refractivity contribution in [3.63, 3.8) is 0 Å². The number of carbonyl (C=O) groups is 2. The summed E-state index contributed by atoms with van der Waals surface area (Å²) >= 11 is 7.46. The third-order valence-electron chi connectivity index (χ3n) is 8.47. The highest BCUT2D eigenvalue weighted by Gasteiger charge is 2.48. The molecular formula is C32H37N5O4S2. The van der Waals surface area contributed by atoms with E-state index in [0.29, 0.717) is 49.2 Å². The number of benzene rings is 2. The number of hydrogen-bond acceptors (Lipinski definition) is 7. The molecule has 2 aromatic carbocycles. The summed E-state index contributed by atoms with van der Waals surface area (Å²) in [6.07, 6.45) is 2.70. The molecule has 2 amide bonds. The van der Waals surface area contributed by atoms with E-state index >= 15 is 0 Å². The van der Waals surface area contributed by atoms with Crippen LogP contribution in [-0.2, 0) is 20.9 Å². The van der Waals surface area contributed by atoms with E-state index in [-0.39, 0.29) is 30.9 Å². The summed E-state index contributed by atoms with van der Waals surface area (Å²) in [5.41, 5.74) is 1.90. The molecule has 11 heteroatoms. The van der Waals surface area contributed by atoms with Gasteiger partial charge in [-0.2, -0.15) is 11.8 Å². The molecule has 0 unspecified atom stereocenters. The Bertz CT molecular complexity index is 1390. The van der Waals surface area contributed by atoms with Gasteiger partial charge in [-0.05, 0) is 78.5 Å². The van der Waals surface area contributed by atoms with E-state index in [1.54, 1.807) is 17.2 Å². The summed E-state index contributed by atoms with van der Waals surface area (Å²) in [4.78, 5) is 34.4. The molecule has 3 aromatic rings. The number of ether oxygens (including phenoxy) is 1. The van der Waals surface area contributed by atoms with Crippen LogP contribution in [0.3, 0.4) is 0 Å². The van der Waals surface area contributed by atoms with Crippen molar-refractivity contribution in [3.8, 4) is 0 Å². The number of nitrogens with one attached hydrogen (secondary N) is 2. The lowest BCUT2D eigenvalue weighted by molar-refractivity contribution is -0.147. The van der Waals surface area contributed by atoms with E-state index in [2.05, 4.69) is 27.7 Å². The molecule has 2 N–H and O–H groups in total. The molecular weight excluding hydrogens is 583 g/mol. The van der Waals surface area contributed by atoms with E-state index in [4.69, 9.17) is 21.4 Å². The summed E-state index contributed by atoms with van der Waals surface area (Å²) in [7, 11) is 0. The molecule has 43 heavy (non-hydrogen) atoms. The zero-order valence-corrected chi connectivity index (χ0v) is 25.7. The maximum absolute atomic E-state index is 14.3. The summed E-state index contributed by atoms with van der Waals surface area (Å²) in [6, 6.07) is 21.7. The highest BCUT2D eigenvalue weighted by molar-refractivity contribution is 7.99. The summed E-state index contributed by atoms with van der Waals surface area (Å²) in [6.45, 7) is 3.97. The molecule has 226 valence electrons. The highest BCUT2D eigenvalue weighted by atomic mass is 32.2. The number of rotatable bonds is 9. The normalized spacial score (nSPS) is 20.0. The monoisotopic (exact) mass is 619 g/mol. The Morgan fingerprint density at radius 1 is 1.02 bits per heavy atom. The first-order valence-electron chi connectivity index (χ1n) is 14.8. The van der Waals surface area contributed by atoms with Crippen LogP contribution in [-0.4, -0.2) is 83.2 Å². The number of carbonyl (C=O) groups excluding carboxylic acids is 2. The number of hydrogen-bond donors (Lipinski definition) is 2. The summed E-state index contributed by atoms with van der Waals surface area (Å²) < 4.78 is 11.2. The van der Waals surface area contributed by atoms with Gasteiger partial charge >= 0.3 is 0 Å². The molecule has 0 aliphatic carbocycles. The van der Waals surface area contributed by atoms with Crippen LogP contribution in [0.15, 0.2) is 77.4 Å². The first kappa shape index (κ1) is 29.5. The summed E-state index contributed by atoms with van der Waals surface area (Å²) in [5.74, 6) is 1.88. The lowest BCUT2D eigenvalue weighted by atomic mass is 9.88. The van der Waals surface area contributed by atoms with Crippen LogP contribution in [0.1, 0.15) is 30.2 Å². The quantitative estimate of drug-likeness (QED) is 0.341. The fourth-order valence-electron chi connectivity index (χ4n) is 6.04. The van der Waals surface area contributed by atoms with Gasteiger partial charge in [0, 0.05) is 31.0 Å². The zero-order chi connectivity index (χ0) is 29.6. The van der Waals surface area contributed by atoms with Crippen molar-refractivity contribution in [2.24, 2.45) is 0 Å². The third kappa shape index (κ3) is 6.68. The fourth-order valence-corrected chi connectivity index (χ4v) is 7.49. The Labute approximate surface area is 261 Å². The molecule has 1 aromatic heterocycles. The molecule has 0 saturated carbocycles. The smallest absolute Gasteiger partial charge is 0.250 e. The van der Waals surface area contributed by atoms with Crippen LogP contribution in [0.25, 0.3) is 0 Å². The van der Waals surface area contributed by atoms with Gasteiger partial charge in [-0.15, -0.1) is 0 Å². The largest absolute Gasteiger partial charge is 0.467 e. The number of furan rings is 1. The lowest BCUT2D eigenvalue weighted by Gasteiger charge is -2.45. The number of amides is 2. The first-order chi connectivity index (χ1) is 21.0. The molecule has 0 bridgehead atoms. The van der Waals surface area contributed by atoms with Gasteiger partial charge in [0.1, 0.15) is 11.3 Å². The first-order valence-corrected chi connectivity index (χ1v) is 16.3. The van der Waals surface area contributed by atoms with Gasteiger partial charge in [-0.25, -0.2) is 0 Å². The SMILES string of the molecule is O=C(CN1C[C@H](c2ccccc2)NC1=S)N(Cc1ccco1)C1(C(=O)Nc2ccc(N3CCOCC3)cc2)CCSCC1. The van der Waals surface area contributed by atoms with Crippen molar-refractivity contribution in [2.75, 3.05) is 61.1 Å². The Kier molecular flexibility index (Phi) is 9.20. The Hall–Kier alpha value is -3.54. The molecule has 9 nitrogen and oxygen atoms in total. The molecule has 0 radical (unpaired) electrons. The topological polar surface area (TPSA) is 90.3 Å². The average Bonchev–Trinajstić information content (AvgIpc) is 3.71. The predicted octanol–water partition coefficient (Wildman–Crippen LogP) is 4.28. The Morgan fingerprint density at radius 3 is 2.47 bits per heavy atom. The second kappa shape index (κ2) is 13.4. The van der Waals surface area contributed by atoms with Gasteiger partial charge in [0.05, 0.1) is 38.6 Å². The van der Waals surface area contributed by atoms with Crippen molar-refractivity contribution in [3.05, 3.63) is 84.3 Å². The van der Waals surface area contributed by atoms with Crippen molar-refractivity contribution >= 4 is 52.3 Å². The van der Waals surface area contributed by atoms with Gasteiger partial charge < -0.3 is 34.5 Å². The van der Waals surface area contributed by atoms with Crippen molar-refractivity contribution in [2.45, 2.75) is 31.0 Å². The molecule has 4 heterocycles. The minimum absolute atomic E-state index is 0.00352. The van der Waals surface area contributed by atoms with Crippen LogP contribution in [0.5, 0.6) is 0 Å². The minimum atomic E-state index is -1.02. The predicted molar refractivity (Wildman–Crippen MR) is 173 cm³/mol. The Balaban J connectivity index is 1.22.